The van der Waals surface area contributed by atoms with E-state index in [-0.39, 0.29) is 12.8 Å². The van der Waals surface area contributed by atoms with Crippen molar-refractivity contribution < 1.29 is 32.5 Å². The second kappa shape index (κ2) is 5.61. The highest BCUT2D eigenvalue weighted by molar-refractivity contribution is 5.67. The molecule has 0 aliphatic carbocycles. The summed E-state index contributed by atoms with van der Waals surface area (Å²) in [6.45, 7) is 0. The second-order valence-corrected chi connectivity index (χ2v) is 3.42. The molecule has 4 nitrogen and oxygen atoms in total. The van der Waals surface area contributed by atoms with E-state index in [0.717, 1.165) is 12.1 Å². The third-order valence-electron chi connectivity index (χ3n) is 2.09. The maximum Gasteiger partial charge on any atom is 0.573 e. The number of halogens is 3. The van der Waals surface area contributed by atoms with Crippen molar-refractivity contribution in [3.05, 3.63) is 23.8 Å². The number of rotatable bonds is 5. The molecule has 1 aromatic rings. The van der Waals surface area contributed by atoms with Crippen molar-refractivity contribution in [1.29, 1.82) is 0 Å². The molecular formula is C11H11F3O4. The SMILES string of the molecule is COc1ccc(OC(F)(F)F)cc1CCC(=O)O. The number of carbonyl (C=O) groups is 1. The minimum absolute atomic E-state index is 0.0631. The van der Waals surface area contributed by atoms with E-state index in [2.05, 4.69) is 4.74 Å². The van der Waals surface area contributed by atoms with Gasteiger partial charge in [0.1, 0.15) is 11.5 Å². The number of ether oxygens (including phenoxy) is 2. The van der Waals surface area contributed by atoms with Crippen molar-refractivity contribution in [2.75, 3.05) is 7.11 Å². The van der Waals surface area contributed by atoms with Gasteiger partial charge in [0.25, 0.3) is 0 Å². The van der Waals surface area contributed by atoms with Gasteiger partial charge in [0.05, 0.1) is 7.11 Å². The molecule has 1 rings (SSSR count). The lowest BCUT2D eigenvalue weighted by Crippen LogP contribution is -2.17. The van der Waals surface area contributed by atoms with Gasteiger partial charge in [-0.1, -0.05) is 0 Å². The van der Waals surface area contributed by atoms with Crippen LogP contribution in [-0.4, -0.2) is 24.5 Å². The van der Waals surface area contributed by atoms with Gasteiger partial charge in [0.2, 0.25) is 0 Å². The molecule has 0 aromatic heterocycles. The maximum atomic E-state index is 12.0. The average molecular weight is 264 g/mol. The average Bonchev–Trinajstić information content (AvgIpc) is 2.24. The third kappa shape index (κ3) is 4.52. The molecule has 0 unspecified atom stereocenters. The zero-order valence-corrected chi connectivity index (χ0v) is 9.45. The highest BCUT2D eigenvalue weighted by Gasteiger charge is 2.31. The fourth-order valence-electron chi connectivity index (χ4n) is 1.39. The first-order chi connectivity index (χ1) is 8.31. The van der Waals surface area contributed by atoms with Crippen LogP contribution in [0.2, 0.25) is 0 Å². The predicted octanol–water partition coefficient (Wildman–Crippen LogP) is 2.61. The van der Waals surface area contributed by atoms with Crippen LogP contribution < -0.4 is 9.47 Å². The Labute approximate surface area is 101 Å². The van der Waals surface area contributed by atoms with Crippen LogP contribution in [0.25, 0.3) is 0 Å². The highest BCUT2D eigenvalue weighted by Crippen LogP contribution is 2.29. The van der Waals surface area contributed by atoms with Gasteiger partial charge in [-0.05, 0) is 30.2 Å². The van der Waals surface area contributed by atoms with Crippen LogP contribution in [0.1, 0.15) is 12.0 Å². The first kappa shape index (κ1) is 14.1. The zero-order chi connectivity index (χ0) is 13.8. The first-order valence-electron chi connectivity index (χ1n) is 4.96. The minimum Gasteiger partial charge on any atom is -0.496 e. The standard InChI is InChI=1S/C11H11F3O4/c1-17-9-4-3-8(18-11(12,13)14)6-7(9)2-5-10(15)16/h3-4,6H,2,5H2,1H3,(H,15,16). The van der Waals surface area contributed by atoms with Crippen molar-refractivity contribution in [1.82, 2.24) is 0 Å². The molecular weight excluding hydrogens is 253 g/mol. The third-order valence-corrected chi connectivity index (χ3v) is 2.09. The molecule has 0 saturated heterocycles. The van der Waals surface area contributed by atoms with Crippen molar-refractivity contribution >= 4 is 5.97 Å². The molecule has 18 heavy (non-hydrogen) atoms. The Morgan fingerprint density at radius 1 is 1.39 bits per heavy atom. The van der Waals surface area contributed by atoms with E-state index >= 15 is 0 Å². The molecule has 0 aliphatic rings. The number of benzene rings is 1. The van der Waals surface area contributed by atoms with Gasteiger partial charge in [-0.15, -0.1) is 13.2 Å². The number of hydrogen-bond acceptors (Lipinski definition) is 3. The summed E-state index contributed by atoms with van der Waals surface area (Å²) in [6.07, 6.45) is -4.92. The molecule has 0 heterocycles. The Hall–Kier alpha value is -1.92. The Balaban J connectivity index is 2.90. The molecule has 1 N–H and O–H groups in total. The molecule has 0 spiro atoms. The summed E-state index contributed by atoms with van der Waals surface area (Å²) in [5, 5.41) is 8.54. The van der Waals surface area contributed by atoms with Crippen LogP contribution >= 0.6 is 0 Å². The number of hydrogen-bond donors (Lipinski definition) is 1. The first-order valence-corrected chi connectivity index (χ1v) is 4.96. The van der Waals surface area contributed by atoms with E-state index in [9.17, 15) is 18.0 Å². The topological polar surface area (TPSA) is 55.8 Å². The Morgan fingerprint density at radius 2 is 2.06 bits per heavy atom. The molecule has 0 fully saturated rings. The number of methoxy groups -OCH3 is 1. The summed E-state index contributed by atoms with van der Waals surface area (Å²) >= 11 is 0. The van der Waals surface area contributed by atoms with Crippen LogP contribution in [-0.2, 0) is 11.2 Å². The molecule has 0 atom stereocenters. The van der Waals surface area contributed by atoms with Gasteiger partial charge in [-0.25, -0.2) is 0 Å². The molecule has 7 heteroatoms. The van der Waals surface area contributed by atoms with E-state index in [1.54, 1.807) is 0 Å². The largest absolute Gasteiger partial charge is 0.573 e. The van der Waals surface area contributed by atoms with Gasteiger partial charge in [0, 0.05) is 6.42 Å². The van der Waals surface area contributed by atoms with Crippen molar-refractivity contribution in [3.8, 4) is 11.5 Å². The number of alkyl halides is 3. The smallest absolute Gasteiger partial charge is 0.496 e. The zero-order valence-electron chi connectivity index (χ0n) is 9.45. The summed E-state index contributed by atoms with van der Waals surface area (Å²) in [4.78, 5) is 10.4. The fourth-order valence-corrected chi connectivity index (χ4v) is 1.39. The van der Waals surface area contributed by atoms with Crippen molar-refractivity contribution in [2.45, 2.75) is 19.2 Å². The minimum atomic E-state index is -4.78. The summed E-state index contributed by atoms with van der Waals surface area (Å²) in [5.41, 5.74) is 0.349. The number of aryl methyl sites for hydroxylation is 1. The molecule has 1 aromatic carbocycles. The lowest BCUT2D eigenvalue weighted by Gasteiger charge is -2.12. The van der Waals surface area contributed by atoms with Gasteiger partial charge >= 0.3 is 12.3 Å². The summed E-state index contributed by atoms with van der Waals surface area (Å²) in [6, 6.07) is 3.53. The molecule has 0 aliphatic heterocycles. The highest BCUT2D eigenvalue weighted by atomic mass is 19.4. The Kier molecular flexibility index (Phi) is 4.41. The number of carboxylic acid groups (broad SMARTS) is 1. The quantitative estimate of drug-likeness (QED) is 0.888. The summed E-state index contributed by atoms with van der Waals surface area (Å²) < 4.78 is 44.7. The van der Waals surface area contributed by atoms with Gasteiger partial charge in [-0.2, -0.15) is 0 Å². The van der Waals surface area contributed by atoms with E-state index in [1.165, 1.54) is 13.2 Å². The van der Waals surface area contributed by atoms with Crippen molar-refractivity contribution in [2.24, 2.45) is 0 Å². The summed E-state index contributed by atoms with van der Waals surface area (Å²) in [7, 11) is 1.35. The fraction of sp³-hybridized carbons (Fsp3) is 0.364. The van der Waals surface area contributed by atoms with Crippen LogP contribution in [0.5, 0.6) is 11.5 Å². The van der Waals surface area contributed by atoms with E-state index < -0.39 is 18.1 Å². The molecule has 0 amide bonds. The van der Waals surface area contributed by atoms with E-state index in [0.29, 0.717) is 11.3 Å². The second-order valence-electron chi connectivity index (χ2n) is 3.42. The van der Waals surface area contributed by atoms with E-state index in [4.69, 9.17) is 9.84 Å². The normalized spacial score (nSPS) is 11.1. The Morgan fingerprint density at radius 3 is 2.56 bits per heavy atom. The van der Waals surface area contributed by atoms with Crippen LogP contribution in [0.15, 0.2) is 18.2 Å². The van der Waals surface area contributed by atoms with Crippen LogP contribution in [0.4, 0.5) is 13.2 Å². The van der Waals surface area contributed by atoms with E-state index in [1.807, 2.05) is 0 Å². The summed E-state index contributed by atoms with van der Waals surface area (Å²) in [5.74, 6) is -1.12. The Bertz CT molecular complexity index is 429. The van der Waals surface area contributed by atoms with Crippen molar-refractivity contribution in [3.63, 3.8) is 0 Å². The number of carboxylic acids is 1. The molecule has 100 valence electrons. The van der Waals surface area contributed by atoms with Gasteiger partial charge in [-0.3, -0.25) is 4.79 Å². The van der Waals surface area contributed by atoms with Crippen LogP contribution in [0, 0.1) is 0 Å². The molecule has 0 radical (unpaired) electrons. The lowest BCUT2D eigenvalue weighted by molar-refractivity contribution is -0.274. The number of aliphatic carboxylic acids is 1. The molecule has 0 bridgehead atoms. The molecule has 0 saturated carbocycles. The maximum absolute atomic E-state index is 12.0. The monoisotopic (exact) mass is 264 g/mol. The van der Waals surface area contributed by atoms with Gasteiger partial charge in [0.15, 0.2) is 0 Å². The lowest BCUT2D eigenvalue weighted by atomic mass is 10.1. The van der Waals surface area contributed by atoms with Crippen LogP contribution in [0.3, 0.4) is 0 Å². The predicted molar refractivity (Wildman–Crippen MR) is 55.6 cm³/mol. The van der Waals surface area contributed by atoms with Gasteiger partial charge < -0.3 is 14.6 Å².